The Labute approximate surface area is 142 Å². The molecule has 0 radical (unpaired) electrons. The van der Waals surface area contributed by atoms with Gasteiger partial charge >= 0.3 is 0 Å². The SMILES string of the molecule is Cn1ccc2c(OC3CCN(CC4(O)CCOC4)CC3)cccc21. The summed E-state index contributed by atoms with van der Waals surface area (Å²) in [5, 5.41) is 11.6. The molecule has 3 heterocycles. The van der Waals surface area contributed by atoms with Crippen molar-refractivity contribution in [3.05, 3.63) is 30.5 Å². The van der Waals surface area contributed by atoms with Gasteiger partial charge in [0.2, 0.25) is 0 Å². The quantitative estimate of drug-likeness (QED) is 0.933. The molecule has 4 rings (SSSR count). The molecule has 1 atom stereocenters. The van der Waals surface area contributed by atoms with E-state index in [0.717, 1.165) is 38.1 Å². The molecule has 1 unspecified atom stereocenters. The van der Waals surface area contributed by atoms with Crippen LogP contribution in [0.15, 0.2) is 30.5 Å². The van der Waals surface area contributed by atoms with Crippen molar-refractivity contribution in [1.29, 1.82) is 0 Å². The first-order valence-electron chi connectivity index (χ1n) is 8.86. The van der Waals surface area contributed by atoms with Crippen molar-refractivity contribution in [3.63, 3.8) is 0 Å². The molecule has 2 aromatic rings. The summed E-state index contributed by atoms with van der Waals surface area (Å²) >= 11 is 0. The summed E-state index contributed by atoms with van der Waals surface area (Å²) in [4.78, 5) is 2.34. The summed E-state index contributed by atoms with van der Waals surface area (Å²) in [6.45, 7) is 3.81. The molecule has 130 valence electrons. The van der Waals surface area contributed by atoms with Gasteiger partial charge in [0.15, 0.2) is 0 Å². The van der Waals surface area contributed by atoms with Crippen LogP contribution in [0.1, 0.15) is 19.3 Å². The van der Waals surface area contributed by atoms with Gasteiger partial charge in [-0.05, 0) is 31.0 Å². The van der Waals surface area contributed by atoms with E-state index >= 15 is 0 Å². The number of rotatable bonds is 4. The van der Waals surface area contributed by atoms with E-state index in [1.807, 2.05) is 0 Å². The Bertz CT molecular complexity index is 698. The highest BCUT2D eigenvalue weighted by Gasteiger charge is 2.35. The normalized spacial score (nSPS) is 26.2. The number of hydrogen-bond acceptors (Lipinski definition) is 4. The van der Waals surface area contributed by atoms with E-state index < -0.39 is 5.60 Å². The van der Waals surface area contributed by atoms with E-state index in [1.54, 1.807) is 0 Å². The molecule has 2 aliphatic heterocycles. The van der Waals surface area contributed by atoms with Gasteiger partial charge in [0.1, 0.15) is 17.5 Å². The average molecular weight is 330 g/mol. The molecule has 1 aromatic carbocycles. The second kappa shape index (κ2) is 6.39. The Morgan fingerprint density at radius 3 is 2.88 bits per heavy atom. The standard InChI is InChI=1S/C19H26N2O3/c1-20-9-7-16-17(20)3-2-4-18(16)24-15-5-10-21(11-6-15)13-19(22)8-12-23-14-19/h2-4,7,9,15,22H,5-6,8,10-14H2,1H3. The van der Waals surface area contributed by atoms with Gasteiger partial charge in [0.25, 0.3) is 0 Å². The van der Waals surface area contributed by atoms with Crippen LogP contribution in [0.25, 0.3) is 10.9 Å². The van der Waals surface area contributed by atoms with Crippen molar-refractivity contribution in [2.75, 3.05) is 32.8 Å². The lowest BCUT2D eigenvalue weighted by Crippen LogP contribution is -2.48. The van der Waals surface area contributed by atoms with Crippen molar-refractivity contribution in [3.8, 4) is 5.75 Å². The molecule has 5 heteroatoms. The number of nitrogens with zero attached hydrogens (tertiary/aromatic N) is 2. The number of aliphatic hydroxyl groups is 1. The van der Waals surface area contributed by atoms with Crippen LogP contribution in [-0.4, -0.2) is 59.1 Å². The summed E-state index contributed by atoms with van der Waals surface area (Å²) in [6, 6.07) is 8.36. The third-order valence-electron chi connectivity index (χ3n) is 5.32. The first-order chi connectivity index (χ1) is 11.6. The number of β-amino-alcohol motifs (C(OH)–C–C–N with tert-alkyl or cyclic N) is 1. The number of aromatic nitrogens is 1. The third kappa shape index (κ3) is 3.16. The average Bonchev–Trinajstić information content (AvgIpc) is 3.17. The summed E-state index contributed by atoms with van der Waals surface area (Å²) in [6.07, 6.45) is 5.08. The van der Waals surface area contributed by atoms with E-state index in [9.17, 15) is 5.11 Å². The topological polar surface area (TPSA) is 46.9 Å². The monoisotopic (exact) mass is 330 g/mol. The highest BCUT2D eigenvalue weighted by atomic mass is 16.5. The first-order valence-corrected chi connectivity index (χ1v) is 8.86. The van der Waals surface area contributed by atoms with Gasteiger partial charge in [-0.2, -0.15) is 0 Å². The molecule has 0 aliphatic carbocycles. The minimum absolute atomic E-state index is 0.251. The fourth-order valence-electron chi connectivity index (χ4n) is 3.88. The number of ether oxygens (including phenoxy) is 2. The number of fused-ring (bicyclic) bond motifs is 1. The molecule has 0 bridgehead atoms. The maximum atomic E-state index is 10.5. The van der Waals surface area contributed by atoms with Gasteiger partial charge in [0, 0.05) is 51.3 Å². The zero-order valence-corrected chi connectivity index (χ0v) is 14.3. The van der Waals surface area contributed by atoms with Gasteiger partial charge in [-0.3, -0.25) is 0 Å². The Morgan fingerprint density at radius 1 is 1.29 bits per heavy atom. The van der Waals surface area contributed by atoms with Crippen LogP contribution in [0.5, 0.6) is 5.75 Å². The molecule has 0 amide bonds. The zero-order valence-electron chi connectivity index (χ0n) is 14.3. The number of aryl methyl sites for hydroxylation is 1. The van der Waals surface area contributed by atoms with Crippen molar-refractivity contribution < 1.29 is 14.6 Å². The summed E-state index contributed by atoms with van der Waals surface area (Å²) in [5.41, 5.74) is 0.553. The molecule has 2 fully saturated rings. The molecule has 0 saturated carbocycles. The van der Waals surface area contributed by atoms with Gasteiger partial charge in [-0.25, -0.2) is 0 Å². The lowest BCUT2D eigenvalue weighted by molar-refractivity contribution is -0.0172. The van der Waals surface area contributed by atoms with E-state index in [1.165, 1.54) is 10.9 Å². The predicted molar refractivity (Wildman–Crippen MR) is 93.4 cm³/mol. The number of hydrogen-bond donors (Lipinski definition) is 1. The Balaban J connectivity index is 1.36. The fraction of sp³-hybridized carbons (Fsp3) is 0.579. The molecular formula is C19H26N2O3. The van der Waals surface area contributed by atoms with Crippen LogP contribution in [0.4, 0.5) is 0 Å². The lowest BCUT2D eigenvalue weighted by atomic mass is 10.00. The number of benzene rings is 1. The molecule has 2 saturated heterocycles. The number of piperidine rings is 1. The van der Waals surface area contributed by atoms with Crippen LogP contribution in [-0.2, 0) is 11.8 Å². The smallest absolute Gasteiger partial charge is 0.129 e. The highest BCUT2D eigenvalue weighted by Crippen LogP contribution is 2.29. The van der Waals surface area contributed by atoms with E-state index in [4.69, 9.17) is 9.47 Å². The summed E-state index contributed by atoms with van der Waals surface area (Å²) in [5.74, 6) is 0.981. The second-order valence-electron chi connectivity index (χ2n) is 7.24. The van der Waals surface area contributed by atoms with Gasteiger partial charge in [0.05, 0.1) is 12.1 Å². The first kappa shape index (κ1) is 15.9. The van der Waals surface area contributed by atoms with Crippen molar-refractivity contribution in [2.24, 2.45) is 7.05 Å². The van der Waals surface area contributed by atoms with Crippen molar-refractivity contribution in [2.45, 2.75) is 31.0 Å². The van der Waals surface area contributed by atoms with Crippen LogP contribution in [0, 0.1) is 0 Å². The van der Waals surface area contributed by atoms with Crippen molar-refractivity contribution >= 4 is 10.9 Å². The Hall–Kier alpha value is -1.56. The van der Waals surface area contributed by atoms with Crippen LogP contribution in [0.3, 0.4) is 0 Å². The number of likely N-dealkylation sites (tertiary alicyclic amines) is 1. The maximum Gasteiger partial charge on any atom is 0.129 e. The van der Waals surface area contributed by atoms with Gasteiger partial charge in [-0.15, -0.1) is 0 Å². The molecule has 24 heavy (non-hydrogen) atoms. The third-order valence-corrected chi connectivity index (χ3v) is 5.32. The zero-order chi connectivity index (χ0) is 16.6. The van der Waals surface area contributed by atoms with Gasteiger partial charge in [-0.1, -0.05) is 6.07 Å². The highest BCUT2D eigenvalue weighted by molar-refractivity contribution is 5.86. The maximum absolute atomic E-state index is 10.5. The minimum atomic E-state index is -0.649. The van der Waals surface area contributed by atoms with E-state index in [-0.39, 0.29) is 6.10 Å². The van der Waals surface area contributed by atoms with Crippen LogP contribution >= 0.6 is 0 Å². The molecule has 5 nitrogen and oxygen atoms in total. The second-order valence-corrected chi connectivity index (χ2v) is 7.24. The predicted octanol–water partition coefficient (Wildman–Crippen LogP) is 2.17. The Kier molecular flexibility index (Phi) is 4.24. The molecule has 1 aromatic heterocycles. The molecular weight excluding hydrogens is 304 g/mol. The molecule has 0 spiro atoms. The van der Waals surface area contributed by atoms with Crippen LogP contribution in [0.2, 0.25) is 0 Å². The summed E-state index contributed by atoms with van der Waals surface area (Å²) in [7, 11) is 2.06. The summed E-state index contributed by atoms with van der Waals surface area (Å²) < 4.78 is 13.8. The van der Waals surface area contributed by atoms with E-state index in [0.29, 0.717) is 19.8 Å². The molecule has 1 N–H and O–H groups in total. The fourth-order valence-corrected chi connectivity index (χ4v) is 3.88. The minimum Gasteiger partial charge on any atom is -0.490 e. The lowest BCUT2D eigenvalue weighted by Gasteiger charge is -2.36. The Morgan fingerprint density at radius 2 is 2.12 bits per heavy atom. The largest absolute Gasteiger partial charge is 0.490 e. The van der Waals surface area contributed by atoms with E-state index in [2.05, 4.69) is 47.0 Å². The molecule has 2 aliphatic rings. The van der Waals surface area contributed by atoms with Crippen molar-refractivity contribution in [1.82, 2.24) is 9.47 Å². The van der Waals surface area contributed by atoms with Gasteiger partial charge < -0.3 is 24.0 Å². The van der Waals surface area contributed by atoms with Crippen LogP contribution < -0.4 is 4.74 Å².